The first-order valence-corrected chi connectivity index (χ1v) is 11.1. The number of hydrogen-bond acceptors (Lipinski definition) is 6. The number of rotatable bonds is 8. The second-order valence-corrected chi connectivity index (χ2v) is 8.40. The van der Waals surface area contributed by atoms with Gasteiger partial charge in [-0.1, -0.05) is 24.3 Å². The van der Waals surface area contributed by atoms with E-state index in [1.54, 1.807) is 50.6 Å². The van der Waals surface area contributed by atoms with Gasteiger partial charge in [0.25, 0.3) is 5.91 Å². The lowest BCUT2D eigenvalue weighted by molar-refractivity contribution is -0.434. The zero-order valence-electron chi connectivity index (χ0n) is 17.6. The number of hydrogen-bond donors (Lipinski definition) is 2. The van der Waals surface area contributed by atoms with Crippen LogP contribution in [0.5, 0.6) is 11.5 Å². The van der Waals surface area contributed by atoms with Gasteiger partial charge in [-0.2, -0.15) is 0 Å². The molecule has 0 aromatic heterocycles. The number of ether oxygens (including phenoxy) is 2. The molecule has 0 saturated heterocycles. The van der Waals surface area contributed by atoms with E-state index in [0.717, 1.165) is 17.2 Å². The predicted octanol–water partition coefficient (Wildman–Crippen LogP) is 2.06. The Hall–Kier alpha value is -3.40. The Labute approximate surface area is 186 Å². The zero-order chi connectivity index (χ0) is 23.3. The maximum absolute atomic E-state index is 13.1. The van der Waals surface area contributed by atoms with Crippen molar-refractivity contribution in [1.29, 1.82) is 0 Å². The number of benzene rings is 3. The standard InChI is InChI=1S/C23H24N2O6S/c1-30-17-11-7-15(8-12-17)21(24)22(16-9-13-18(31-2)14-10-16)25-23(26)19-5-3-4-6-20(19)32(27,28)29/h3-14,21-22H,24H2,1-2H3,(H,25,26)(H,27,28,29)/t21-,22-/m1/s1. The van der Waals surface area contributed by atoms with Crippen LogP contribution in [0.1, 0.15) is 33.6 Å². The van der Waals surface area contributed by atoms with Gasteiger partial charge in [0.1, 0.15) is 33.7 Å². The van der Waals surface area contributed by atoms with Crippen molar-refractivity contribution in [3.05, 3.63) is 89.5 Å². The molecule has 168 valence electrons. The second kappa shape index (κ2) is 9.82. The first-order chi connectivity index (χ1) is 15.2. The molecule has 9 heteroatoms. The molecule has 8 nitrogen and oxygen atoms in total. The Kier molecular flexibility index (Phi) is 7.14. The summed E-state index contributed by atoms with van der Waals surface area (Å²) < 4.78 is 45.3. The molecule has 1 amide bonds. The van der Waals surface area contributed by atoms with Crippen LogP contribution in [0.2, 0.25) is 0 Å². The molecule has 2 atom stereocenters. The summed E-state index contributed by atoms with van der Waals surface area (Å²) in [5.74, 6) is 0.634. The topological polar surface area (TPSA) is 132 Å². The Bertz CT molecular complexity index is 1180. The van der Waals surface area contributed by atoms with Gasteiger partial charge in [0.2, 0.25) is 0 Å². The minimum absolute atomic E-state index is 0.219. The van der Waals surface area contributed by atoms with Crippen molar-refractivity contribution in [2.45, 2.75) is 17.0 Å². The summed E-state index contributed by atoms with van der Waals surface area (Å²) in [6.07, 6.45) is 0. The normalized spacial score (nSPS) is 13.1. The van der Waals surface area contributed by atoms with Gasteiger partial charge >= 0.3 is 0 Å². The molecule has 0 heterocycles. The molecular formula is C23H24N2O6S. The van der Waals surface area contributed by atoms with Gasteiger partial charge in [0.05, 0.1) is 24.7 Å². The van der Waals surface area contributed by atoms with Crippen molar-refractivity contribution in [3.63, 3.8) is 0 Å². The first kappa shape index (κ1) is 23.3. The Morgan fingerprint density at radius 1 is 0.875 bits per heavy atom. The van der Waals surface area contributed by atoms with E-state index in [-0.39, 0.29) is 5.56 Å². The van der Waals surface area contributed by atoms with Gasteiger partial charge in [-0.05, 0) is 54.1 Å². The van der Waals surface area contributed by atoms with Crippen LogP contribution in [0.25, 0.3) is 0 Å². The third-order valence-corrected chi connectivity index (χ3v) is 6.00. The summed E-state index contributed by atoms with van der Waals surface area (Å²) in [5.41, 5.74) is 5.58. The number of quaternary nitrogens is 1. The van der Waals surface area contributed by atoms with Gasteiger partial charge in [-0.15, -0.1) is 0 Å². The molecule has 3 aromatic carbocycles. The van der Waals surface area contributed by atoms with E-state index in [2.05, 4.69) is 11.1 Å². The quantitative estimate of drug-likeness (QED) is 0.499. The van der Waals surface area contributed by atoms with Crippen molar-refractivity contribution in [2.24, 2.45) is 0 Å². The highest BCUT2D eigenvalue weighted by Gasteiger charge is 2.28. The lowest BCUT2D eigenvalue weighted by atomic mass is 9.93. The van der Waals surface area contributed by atoms with Crippen LogP contribution in [0.4, 0.5) is 0 Å². The SMILES string of the molecule is COc1ccc([C@@H]([NH3+])[C@H](NC(=O)c2ccccc2S(=O)(=O)[O-])c2ccc(OC)cc2)cc1. The van der Waals surface area contributed by atoms with E-state index in [9.17, 15) is 17.8 Å². The van der Waals surface area contributed by atoms with Gasteiger partial charge in [0, 0.05) is 5.56 Å². The first-order valence-electron chi connectivity index (χ1n) is 9.71. The minimum atomic E-state index is -4.82. The van der Waals surface area contributed by atoms with Crippen molar-refractivity contribution in [1.82, 2.24) is 5.32 Å². The monoisotopic (exact) mass is 456 g/mol. The van der Waals surface area contributed by atoms with E-state index in [0.29, 0.717) is 11.5 Å². The lowest BCUT2D eigenvalue weighted by Crippen LogP contribution is -2.59. The highest BCUT2D eigenvalue weighted by Crippen LogP contribution is 2.29. The summed E-state index contributed by atoms with van der Waals surface area (Å²) >= 11 is 0. The maximum Gasteiger partial charge on any atom is 0.253 e. The third-order valence-electron chi connectivity index (χ3n) is 5.11. The third kappa shape index (κ3) is 5.25. The highest BCUT2D eigenvalue weighted by molar-refractivity contribution is 7.85. The van der Waals surface area contributed by atoms with E-state index in [1.807, 2.05) is 12.1 Å². The van der Waals surface area contributed by atoms with Gasteiger partial charge in [-0.25, -0.2) is 8.42 Å². The van der Waals surface area contributed by atoms with Crippen molar-refractivity contribution in [2.75, 3.05) is 14.2 Å². The van der Waals surface area contributed by atoms with Crippen LogP contribution in [0.3, 0.4) is 0 Å². The summed E-state index contributed by atoms with van der Waals surface area (Å²) in [5, 5.41) is 2.85. The molecular weight excluding hydrogens is 432 g/mol. The molecule has 0 spiro atoms. The number of amides is 1. The van der Waals surface area contributed by atoms with Crippen LogP contribution in [-0.4, -0.2) is 33.1 Å². The Morgan fingerprint density at radius 2 is 1.38 bits per heavy atom. The molecule has 0 bridgehead atoms. The average Bonchev–Trinajstić information content (AvgIpc) is 2.81. The molecule has 0 radical (unpaired) electrons. The summed E-state index contributed by atoms with van der Waals surface area (Å²) in [6.45, 7) is 0. The Balaban J connectivity index is 1.99. The van der Waals surface area contributed by atoms with Gasteiger partial charge < -0.3 is 25.1 Å². The summed E-state index contributed by atoms with van der Waals surface area (Å²) in [4.78, 5) is 12.5. The minimum Gasteiger partial charge on any atom is -0.744 e. The van der Waals surface area contributed by atoms with Crippen LogP contribution >= 0.6 is 0 Å². The van der Waals surface area contributed by atoms with Crippen molar-refractivity contribution in [3.8, 4) is 11.5 Å². The second-order valence-electron chi connectivity index (χ2n) is 7.05. The average molecular weight is 457 g/mol. The molecule has 0 aliphatic carbocycles. The highest BCUT2D eigenvalue weighted by atomic mass is 32.2. The molecule has 0 aliphatic rings. The van der Waals surface area contributed by atoms with Crippen LogP contribution in [0, 0.1) is 0 Å². The molecule has 3 rings (SSSR count). The van der Waals surface area contributed by atoms with Crippen molar-refractivity contribution < 1.29 is 33.0 Å². The molecule has 0 saturated carbocycles. The number of methoxy groups -OCH3 is 2. The van der Waals surface area contributed by atoms with E-state index < -0.39 is 33.0 Å². The van der Waals surface area contributed by atoms with Crippen LogP contribution < -0.4 is 20.5 Å². The lowest BCUT2D eigenvalue weighted by Gasteiger charge is -2.24. The zero-order valence-corrected chi connectivity index (χ0v) is 18.5. The van der Waals surface area contributed by atoms with Crippen molar-refractivity contribution >= 4 is 16.0 Å². The Morgan fingerprint density at radius 3 is 1.88 bits per heavy atom. The van der Waals surface area contributed by atoms with E-state index in [1.165, 1.54) is 18.2 Å². The van der Waals surface area contributed by atoms with Crippen LogP contribution in [0.15, 0.2) is 77.7 Å². The van der Waals surface area contributed by atoms with Crippen LogP contribution in [-0.2, 0) is 10.1 Å². The molecule has 32 heavy (non-hydrogen) atoms. The fraction of sp³-hybridized carbons (Fsp3) is 0.174. The number of nitrogens with one attached hydrogen (secondary N) is 1. The summed E-state index contributed by atoms with van der Waals surface area (Å²) in [6, 6.07) is 18.6. The van der Waals surface area contributed by atoms with Gasteiger partial charge in [-0.3, -0.25) is 4.79 Å². The molecule has 4 N–H and O–H groups in total. The van der Waals surface area contributed by atoms with Gasteiger partial charge in [0.15, 0.2) is 0 Å². The number of carbonyl (C=O) groups excluding carboxylic acids is 1. The summed E-state index contributed by atoms with van der Waals surface area (Å²) in [7, 11) is -1.71. The molecule has 0 unspecified atom stereocenters. The molecule has 0 fully saturated rings. The fourth-order valence-electron chi connectivity index (χ4n) is 3.36. The fourth-order valence-corrected chi connectivity index (χ4v) is 4.04. The predicted molar refractivity (Wildman–Crippen MR) is 116 cm³/mol. The molecule has 0 aliphatic heterocycles. The number of carbonyl (C=O) groups is 1. The smallest absolute Gasteiger partial charge is 0.253 e. The molecule has 3 aromatic rings. The largest absolute Gasteiger partial charge is 0.744 e. The maximum atomic E-state index is 13.1. The van der Waals surface area contributed by atoms with E-state index in [4.69, 9.17) is 9.47 Å². The van der Waals surface area contributed by atoms with E-state index >= 15 is 0 Å².